The lowest BCUT2D eigenvalue weighted by atomic mass is 10.2. The molecule has 1 aliphatic heterocycles. The van der Waals surface area contributed by atoms with Crippen LogP contribution in [0.5, 0.6) is 17.2 Å². The highest BCUT2D eigenvalue weighted by atomic mass is 32.1. The van der Waals surface area contributed by atoms with Crippen LogP contribution in [0.1, 0.15) is 4.88 Å². The molecule has 1 unspecified atom stereocenters. The number of benzene rings is 2. The highest BCUT2D eigenvalue weighted by Crippen LogP contribution is 2.32. The SMILES string of the molecule is COc1ccc(N(Cc2cccs2)C(=O)C2COc3ccccc3O2)cc1. The van der Waals surface area contributed by atoms with Gasteiger partial charge >= 0.3 is 0 Å². The summed E-state index contributed by atoms with van der Waals surface area (Å²) in [5.41, 5.74) is 0.789. The van der Waals surface area contributed by atoms with Crippen molar-refractivity contribution in [3.63, 3.8) is 0 Å². The maximum absolute atomic E-state index is 13.3. The number of carbonyl (C=O) groups is 1. The van der Waals surface area contributed by atoms with Crippen molar-refractivity contribution in [2.45, 2.75) is 12.6 Å². The molecule has 0 radical (unpaired) electrons. The van der Waals surface area contributed by atoms with Crippen LogP contribution in [0.2, 0.25) is 0 Å². The van der Waals surface area contributed by atoms with E-state index in [4.69, 9.17) is 14.2 Å². The Morgan fingerprint density at radius 2 is 1.89 bits per heavy atom. The van der Waals surface area contributed by atoms with Crippen LogP contribution in [0.25, 0.3) is 0 Å². The summed E-state index contributed by atoms with van der Waals surface area (Å²) in [4.78, 5) is 16.1. The maximum Gasteiger partial charge on any atom is 0.272 e. The number of carbonyl (C=O) groups excluding carboxylic acids is 1. The molecule has 2 heterocycles. The zero-order chi connectivity index (χ0) is 18.6. The van der Waals surface area contributed by atoms with E-state index in [-0.39, 0.29) is 12.5 Å². The predicted octanol–water partition coefficient (Wildman–Crippen LogP) is 4.13. The van der Waals surface area contributed by atoms with Gasteiger partial charge < -0.3 is 19.1 Å². The fraction of sp³-hybridized carbons (Fsp3) is 0.190. The van der Waals surface area contributed by atoms with E-state index in [1.54, 1.807) is 23.3 Å². The summed E-state index contributed by atoms with van der Waals surface area (Å²) in [5, 5.41) is 2.00. The molecule has 2 aromatic carbocycles. The minimum absolute atomic E-state index is 0.136. The molecule has 0 spiro atoms. The van der Waals surface area contributed by atoms with E-state index < -0.39 is 6.10 Å². The summed E-state index contributed by atoms with van der Waals surface area (Å²) < 4.78 is 16.9. The first kappa shape index (κ1) is 17.4. The van der Waals surface area contributed by atoms with Crippen LogP contribution in [0.3, 0.4) is 0 Å². The van der Waals surface area contributed by atoms with E-state index >= 15 is 0 Å². The molecule has 0 saturated heterocycles. The molecule has 0 fully saturated rings. The second-order valence-electron chi connectivity index (χ2n) is 6.07. The number of nitrogens with zero attached hydrogens (tertiary/aromatic N) is 1. The number of rotatable bonds is 5. The maximum atomic E-state index is 13.3. The second-order valence-corrected chi connectivity index (χ2v) is 7.10. The smallest absolute Gasteiger partial charge is 0.272 e. The Morgan fingerprint density at radius 1 is 1.11 bits per heavy atom. The van der Waals surface area contributed by atoms with Gasteiger partial charge in [-0.15, -0.1) is 11.3 Å². The van der Waals surface area contributed by atoms with Crippen molar-refractivity contribution in [3.8, 4) is 17.2 Å². The summed E-state index contributed by atoms with van der Waals surface area (Å²) >= 11 is 1.62. The largest absolute Gasteiger partial charge is 0.497 e. The first-order valence-electron chi connectivity index (χ1n) is 8.61. The van der Waals surface area contributed by atoms with Crippen LogP contribution >= 0.6 is 11.3 Å². The van der Waals surface area contributed by atoms with Gasteiger partial charge in [-0.1, -0.05) is 18.2 Å². The van der Waals surface area contributed by atoms with Gasteiger partial charge in [0.15, 0.2) is 11.5 Å². The first-order valence-corrected chi connectivity index (χ1v) is 9.49. The second kappa shape index (κ2) is 7.72. The third kappa shape index (κ3) is 3.75. The average molecular weight is 381 g/mol. The van der Waals surface area contributed by atoms with Gasteiger partial charge in [-0.3, -0.25) is 4.79 Å². The van der Waals surface area contributed by atoms with Crippen LogP contribution in [-0.2, 0) is 11.3 Å². The number of thiophene rings is 1. The Bertz CT molecular complexity index is 908. The van der Waals surface area contributed by atoms with Gasteiger partial charge in [-0.2, -0.15) is 0 Å². The van der Waals surface area contributed by atoms with Gasteiger partial charge in [-0.25, -0.2) is 0 Å². The minimum atomic E-state index is -0.693. The number of fused-ring (bicyclic) bond motifs is 1. The normalized spacial score (nSPS) is 15.2. The quantitative estimate of drug-likeness (QED) is 0.667. The number of ether oxygens (including phenoxy) is 3. The minimum Gasteiger partial charge on any atom is -0.497 e. The van der Waals surface area contributed by atoms with Crippen LogP contribution in [0.4, 0.5) is 5.69 Å². The number of anilines is 1. The summed E-state index contributed by atoms with van der Waals surface area (Å²) in [7, 11) is 1.62. The molecular weight excluding hydrogens is 362 g/mol. The van der Waals surface area contributed by atoms with Gasteiger partial charge in [-0.05, 0) is 47.8 Å². The number of methoxy groups -OCH3 is 1. The molecule has 138 valence electrons. The van der Waals surface area contributed by atoms with Gasteiger partial charge in [0, 0.05) is 10.6 Å². The molecule has 1 aromatic heterocycles. The summed E-state index contributed by atoms with van der Waals surface area (Å²) in [6.07, 6.45) is -0.693. The highest BCUT2D eigenvalue weighted by molar-refractivity contribution is 7.09. The van der Waals surface area contributed by atoms with Crippen LogP contribution in [0, 0.1) is 0 Å². The van der Waals surface area contributed by atoms with E-state index in [0.29, 0.717) is 18.0 Å². The molecule has 0 saturated carbocycles. The topological polar surface area (TPSA) is 48.0 Å². The van der Waals surface area contributed by atoms with Crippen molar-refractivity contribution in [1.29, 1.82) is 0 Å². The van der Waals surface area contributed by atoms with Crippen LogP contribution in [0.15, 0.2) is 66.0 Å². The number of hydrogen-bond donors (Lipinski definition) is 0. The van der Waals surface area contributed by atoms with Gasteiger partial charge in [0.2, 0.25) is 6.10 Å². The zero-order valence-corrected chi connectivity index (χ0v) is 15.6. The summed E-state index contributed by atoms with van der Waals surface area (Å²) in [6, 6.07) is 18.8. The number of amides is 1. The monoisotopic (exact) mass is 381 g/mol. The molecule has 1 amide bonds. The molecule has 4 rings (SSSR count). The molecule has 0 bridgehead atoms. The lowest BCUT2D eigenvalue weighted by Gasteiger charge is -2.30. The van der Waals surface area contributed by atoms with Crippen LogP contribution < -0.4 is 19.1 Å². The highest BCUT2D eigenvalue weighted by Gasteiger charge is 2.32. The lowest BCUT2D eigenvalue weighted by Crippen LogP contribution is -2.46. The van der Waals surface area contributed by atoms with Crippen molar-refractivity contribution in [2.75, 3.05) is 18.6 Å². The first-order chi connectivity index (χ1) is 13.2. The molecular formula is C21H19NO4S. The Morgan fingerprint density at radius 3 is 2.59 bits per heavy atom. The summed E-state index contributed by atoms with van der Waals surface area (Å²) in [5.74, 6) is 1.86. The van der Waals surface area contributed by atoms with E-state index in [9.17, 15) is 4.79 Å². The van der Waals surface area contributed by atoms with Crippen molar-refractivity contribution in [1.82, 2.24) is 0 Å². The molecule has 6 heteroatoms. The fourth-order valence-electron chi connectivity index (χ4n) is 2.93. The van der Waals surface area contributed by atoms with Crippen molar-refractivity contribution >= 4 is 22.9 Å². The standard InChI is InChI=1S/C21H19NO4S/c1-24-16-10-8-15(9-11-16)22(13-17-5-4-12-27-17)21(23)20-14-25-18-6-2-3-7-19(18)26-20/h2-12,20H,13-14H2,1H3. The van der Waals surface area contributed by atoms with E-state index in [1.165, 1.54) is 0 Å². The third-order valence-corrected chi connectivity index (χ3v) is 5.19. The zero-order valence-electron chi connectivity index (χ0n) is 14.8. The molecule has 3 aromatic rings. The van der Waals surface area contributed by atoms with E-state index in [2.05, 4.69) is 0 Å². The Labute approximate surface area is 161 Å². The van der Waals surface area contributed by atoms with E-state index in [1.807, 2.05) is 66.0 Å². The molecule has 5 nitrogen and oxygen atoms in total. The predicted molar refractivity (Wildman–Crippen MR) is 105 cm³/mol. The van der Waals surface area contributed by atoms with Gasteiger partial charge in [0.05, 0.1) is 13.7 Å². The Hall–Kier alpha value is -2.99. The average Bonchev–Trinajstić information content (AvgIpc) is 3.24. The van der Waals surface area contributed by atoms with Gasteiger partial charge in [0.25, 0.3) is 5.91 Å². The van der Waals surface area contributed by atoms with Crippen molar-refractivity contribution in [2.24, 2.45) is 0 Å². The Kier molecular flexibility index (Phi) is 4.98. The molecule has 27 heavy (non-hydrogen) atoms. The fourth-order valence-corrected chi connectivity index (χ4v) is 3.62. The molecule has 1 atom stereocenters. The molecule has 0 aliphatic carbocycles. The Balaban J connectivity index is 1.60. The third-order valence-electron chi connectivity index (χ3n) is 4.33. The summed E-state index contributed by atoms with van der Waals surface area (Å²) in [6.45, 7) is 0.664. The molecule has 1 aliphatic rings. The van der Waals surface area contributed by atoms with Crippen molar-refractivity contribution < 1.29 is 19.0 Å². The lowest BCUT2D eigenvalue weighted by molar-refractivity contribution is -0.127. The van der Waals surface area contributed by atoms with Crippen molar-refractivity contribution in [3.05, 3.63) is 70.9 Å². The van der Waals surface area contributed by atoms with Gasteiger partial charge in [0.1, 0.15) is 12.4 Å². The van der Waals surface area contributed by atoms with E-state index in [0.717, 1.165) is 16.3 Å². The number of para-hydroxylation sites is 2. The van der Waals surface area contributed by atoms with Crippen LogP contribution in [-0.4, -0.2) is 25.7 Å². The molecule has 0 N–H and O–H groups in total. The number of hydrogen-bond acceptors (Lipinski definition) is 5.